The third-order valence-corrected chi connectivity index (χ3v) is 6.40. The number of nitrogens with zero attached hydrogens (tertiary/aromatic N) is 3. The van der Waals surface area contributed by atoms with Gasteiger partial charge in [0.15, 0.2) is 11.5 Å². The molecule has 180 valence electrons. The van der Waals surface area contributed by atoms with E-state index in [9.17, 15) is 4.79 Å². The molecule has 1 saturated heterocycles. The summed E-state index contributed by atoms with van der Waals surface area (Å²) < 4.78 is 19.1. The average Bonchev–Trinajstić information content (AvgIpc) is 3.47. The van der Waals surface area contributed by atoms with Crippen molar-refractivity contribution in [2.24, 2.45) is 0 Å². The van der Waals surface area contributed by atoms with E-state index >= 15 is 0 Å². The molecule has 0 N–H and O–H groups in total. The molecule has 1 fully saturated rings. The van der Waals surface area contributed by atoms with E-state index in [0.29, 0.717) is 25.3 Å². The highest BCUT2D eigenvalue weighted by Gasteiger charge is 2.35. The Morgan fingerprint density at radius 3 is 2.37 bits per heavy atom. The summed E-state index contributed by atoms with van der Waals surface area (Å²) in [5, 5.41) is 0. The van der Waals surface area contributed by atoms with Crippen LogP contribution in [0, 0.1) is 0 Å². The van der Waals surface area contributed by atoms with Gasteiger partial charge in [0.2, 0.25) is 5.91 Å². The minimum Gasteiger partial charge on any atom is -0.495 e. The molecule has 1 atom stereocenters. The van der Waals surface area contributed by atoms with Gasteiger partial charge in [-0.2, -0.15) is 0 Å². The Kier molecular flexibility index (Phi) is 6.57. The number of ether oxygens (including phenoxy) is 3. The van der Waals surface area contributed by atoms with Crippen molar-refractivity contribution in [2.75, 3.05) is 32.3 Å². The van der Waals surface area contributed by atoms with Gasteiger partial charge in [-0.05, 0) is 42.8 Å². The molecule has 4 aromatic rings. The maximum Gasteiger partial charge on any atom is 0.227 e. The lowest BCUT2D eigenvalue weighted by Gasteiger charge is -2.20. The first-order chi connectivity index (χ1) is 17.2. The first kappa shape index (κ1) is 22.8. The molecular weight excluding hydrogens is 442 g/mol. The number of para-hydroxylation sites is 6. The second kappa shape index (κ2) is 10.1. The summed E-state index contributed by atoms with van der Waals surface area (Å²) in [7, 11) is 3.27. The summed E-state index contributed by atoms with van der Waals surface area (Å²) in [5.74, 6) is 3.17. The van der Waals surface area contributed by atoms with Gasteiger partial charge in [-0.3, -0.25) is 4.79 Å². The number of fused-ring (bicyclic) bond motifs is 1. The van der Waals surface area contributed by atoms with Gasteiger partial charge in [0.05, 0.1) is 37.5 Å². The van der Waals surface area contributed by atoms with E-state index in [2.05, 4.69) is 10.6 Å². The number of aryl methyl sites for hydroxylation is 1. The van der Waals surface area contributed by atoms with Crippen LogP contribution in [0.25, 0.3) is 11.0 Å². The number of aromatic nitrogens is 2. The number of amides is 1. The first-order valence-electron chi connectivity index (χ1n) is 11.8. The van der Waals surface area contributed by atoms with E-state index in [4.69, 9.17) is 19.2 Å². The van der Waals surface area contributed by atoms with Crippen LogP contribution in [0.4, 0.5) is 5.69 Å². The summed E-state index contributed by atoms with van der Waals surface area (Å²) in [6.45, 7) is 1.86. The molecule has 0 radical (unpaired) electrons. The summed E-state index contributed by atoms with van der Waals surface area (Å²) in [6.07, 6.45) is 1.21. The zero-order chi connectivity index (χ0) is 24.2. The van der Waals surface area contributed by atoms with Gasteiger partial charge in [-0.15, -0.1) is 0 Å². The molecule has 0 spiro atoms. The molecule has 0 saturated carbocycles. The molecular formula is C28H29N3O4. The zero-order valence-electron chi connectivity index (χ0n) is 20.0. The maximum absolute atomic E-state index is 13.0. The molecule has 3 aromatic carbocycles. The number of methoxy groups -OCH3 is 2. The summed E-state index contributed by atoms with van der Waals surface area (Å²) in [4.78, 5) is 19.8. The maximum atomic E-state index is 13.0. The fraction of sp³-hybridized carbons (Fsp3) is 0.286. The Balaban J connectivity index is 1.36. The summed E-state index contributed by atoms with van der Waals surface area (Å²) >= 11 is 0. The number of hydrogen-bond acceptors (Lipinski definition) is 5. The van der Waals surface area contributed by atoms with Gasteiger partial charge in [0, 0.05) is 25.4 Å². The van der Waals surface area contributed by atoms with Crippen LogP contribution < -0.4 is 19.1 Å². The second-order valence-corrected chi connectivity index (χ2v) is 8.54. The van der Waals surface area contributed by atoms with E-state index in [-0.39, 0.29) is 11.8 Å². The van der Waals surface area contributed by atoms with Crippen molar-refractivity contribution in [3.8, 4) is 17.2 Å². The van der Waals surface area contributed by atoms with Crippen molar-refractivity contribution in [1.29, 1.82) is 0 Å². The van der Waals surface area contributed by atoms with Crippen LogP contribution in [-0.2, 0) is 11.3 Å². The predicted octanol–water partition coefficient (Wildman–Crippen LogP) is 5.04. The van der Waals surface area contributed by atoms with Gasteiger partial charge in [-0.1, -0.05) is 36.4 Å². The van der Waals surface area contributed by atoms with Crippen molar-refractivity contribution < 1.29 is 19.0 Å². The standard InChI is InChI=1S/C28H29N3O4/c1-33-24-13-6-5-12-23(24)31-19-20(18-27(31)32)28-29-21-10-3-4-11-22(21)30(28)16-9-17-35-26-15-8-7-14-25(26)34-2/h3-8,10-15,20H,9,16-19H2,1-2H3/t20-/m0/s1. The van der Waals surface area contributed by atoms with E-state index in [1.54, 1.807) is 14.2 Å². The van der Waals surface area contributed by atoms with Crippen molar-refractivity contribution in [3.63, 3.8) is 0 Å². The number of carbonyl (C=O) groups excluding carboxylic acids is 1. The number of rotatable bonds is 9. The minimum atomic E-state index is -0.00468. The fourth-order valence-corrected chi connectivity index (χ4v) is 4.75. The Morgan fingerprint density at radius 2 is 1.57 bits per heavy atom. The Morgan fingerprint density at radius 1 is 0.886 bits per heavy atom. The van der Waals surface area contributed by atoms with E-state index in [0.717, 1.165) is 47.0 Å². The summed E-state index contributed by atoms with van der Waals surface area (Å²) in [6, 6.07) is 23.4. The lowest BCUT2D eigenvalue weighted by atomic mass is 10.1. The monoisotopic (exact) mass is 471 g/mol. The van der Waals surface area contributed by atoms with Gasteiger partial charge in [-0.25, -0.2) is 4.98 Å². The molecule has 1 aromatic heterocycles. The van der Waals surface area contributed by atoms with Crippen molar-refractivity contribution in [3.05, 3.63) is 78.6 Å². The van der Waals surface area contributed by atoms with Crippen LogP contribution in [0.5, 0.6) is 17.2 Å². The van der Waals surface area contributed by atoms with Gasteiger partial charge in [0.1, 0.15) is 11.6 Å². The number of imidazole rings is 1. The number of hydrogen-bond donors (Lipinski definition) is 0. The van der Waals surface area contributed by atoms with Crippen molar-refractivity contribution in [1.82, 2.24) is 9.55 Å². The Hall–Kier alpha value is -4.00. The predicted molar refractivity (Wildman–Crippen MR) is 136 cm³/mol. The molecule has 0 unspecified atom stereocenters. The van der Waals surface area contributed by atoms with Gasteiger partial charge >= 0.3 is 0 Å². The van der Waals surface area contributed by atoms with Crippen LogP contribution in [0.3, 0.4) is 0 Å². The SMILES string of the molecule is COc1ccccc1OCCCn1c([C@H]2CC(=O)N(c3ccccc3OC)C2)nc2ccccc21. The number of anilines is 1. The highest BCUT2D eigenvalue weighted by Crippen LogP contribution is 2.37. The molecule has 7 heteroatoms. The van der Waals surface area contributed by atoms with E-state index in [1.807, 2.05) is 71.6 Å². The molecule has 5 rings (SSSR count). The zero-order valence-corrected chi connectivity index (χ0v) is 20.0. The average molecular weight is 472 g/mol. The molecule has 0 aliphatic carbocycles. The number of benzene rings is 3. The molecule has 35 heavy (non-hydrogen) atoms. The number of carbonyl (C=O) groups is 1. The van der Waals surface area contributed by atoms with Crippen LogP contribution in [-0.4, -0.2) is 42.8 Å². The summed E-state index contributed by atoms with van der Waals surface area (Å²) in [5.41, 5.74) is 2.81. The Bertz CT molecular complexity index is 1330. The quantitative estimate of drug-likeness (QED) is 0.320. The minimum absolute atomic E-state index is 0.00468. The Labute approximate surface area is 204 Å². The van der Waals surface area contributed by atoms with Crippen LogP contribution in [0.2, 0.25) is 0 Å². The van der Waals surface area contributed by atoms with Crippen molar-refractivity contribution in [2.45, 2.75) is 25.3 Å². The lowest BCUT2D eigenvalue weighted by molar-refractivity contribution is -0.117. The molecule has 7 nitrogen and oxygen atoms in total. The van der Waals surface area contributed by atoms with E-state index in [1.165, 1.54) is 0 Å². The van der Waals surface area contributed by atoms with E-state index < -0.39 is 0 Å². The lowest BCUT2D eigenvalue weighted by Crippen LogP contribution is -2.25. The highest BCUT2D eigenvalue weighted by atomic mass is 16.5. The van der Waals surface area contributed by atoms with Crippen molar-refractivity contribution >= 4 is 22.6 Å². The topological polar surface area (TPSA) is 65.8 Å². The molecule has 2 heterocycles. The molecule has 0 bridgehead atoms. The van der Waals surface area contributed by atoms with Gasteiger partial charge < -0.3 is 23.7 Å². The highest BCUT2D eigenvalue weighted by molar-refractivity contribution is 5.97. The van der Waals surface area contributed by atoms with Gasteiger partial charge in [0.25, 0.3) is 0 Å². The molecule has 1 aliphatic rings. The van der Waals surface area contributed by atoms with Crippen LogP contribution >= 0.6 is 0 Å². The first-order valence-corrected chi connectivity index (χ1v) is 11.8. The van der Waals surface area contributed by atoms with Crippen LogP contribution in [0.1, 0.15) is 24.6 Å². The molecule has 1 aliphatic heterocycles. The second-order valence-electron chi connectivity index (χ2n) is 8.54. The third kappa shape index (κ3) is 4.54. The fourth-order valence-electron chi connectivity index (χ4n) is 4.75. The third-order valence-electron chi connectivity index (χ3n) is 6.40. The molecule has 1 amide bonds. The normalized spacial score (nSPS) is 15.5. The smallest absolute Gasteiger partial charge is 0.227 e. The van der Waals surface area contributed by atoms with Crippen LogP contribution in [0.15, 0.2) is 72.8 Å². The largest absolute Gasteiger partial charge is 0.495 e.